The molecule has 3 nitrogen and oxygen atoms in total. The highest BCUT2D eigenvalue weighted by molar-refractivity contribution is 5.75. The van der Waals surface area contributed by atoms with E-state index in [0.717, 1.165) is 24.7 Å². The Morgan fingerprint density at radius 3 is 2.63 bits per heavy atom. The average molecular weight is 283 g/mol. The van der Waals surface area contributed by atoms with E-state index in [1.54, 1.807) is 0 Å². The lowest BCUT2D eigenvalue weighted by Gasteiger charge is -2.23. The van der Waals surface area contributed by atoms with Crippen LogP contribution in [-0.4, -0.2) is 25.5 Å². The molecule has 1 aromatic rings. The molecule has 2 N–H and O–H groups in total. The highest BCUT2D eigenvalue weighted by Crippen LogP contribution is 2.31. The molecule has 0 saturated heterocycles. The van der Waals surface area contributed by atoms with Crippen molar-refractivity contribution in [1.82, 2.24) is 0 Å². The van der Waals surface area contributed by atoms with E-state index in [1.807, 2.05) is 0 Å². The number of hydrogen-bond acceptors (Lipinski definition) is 2. The number of rotatable bonds is 3. The molecule has 1 aromatic carbocycles. The van der Waals surface area contributed by atoms with E-state index in [9.17, 15) is 0 Å². The molecule has 0 bridgehead atoms. The Bertz CT molecular complexity index is 464. The van der Waals surface area contributed by atoms with E-state index in [1.165, 1.54) is 11.1 Å². The molecular formula is C15H23ClN2O. The van der Waals surface area contributed by atoms with Crippen LogP contribution in [-0.2, 0) is 5.41 Å². The topological polar surface area (TPSA) is 38.2 Å². The van der Waals surface area contributed by atoms with Crippen LogP contribution in [0.25, 0.3) is 0 Å². The minimum Gasteiger partial charge on any atom is -1.00 e. The third-order valence-corrected chi connectivity index (χ3v) is 3.14. The Morgan fingerprint density at radius 1 is 1.32 bits per heavy atom. The lowest BCUT2D eigenvalue weighted by molar-refractivity contribution is -0.530. The SMILES string of the molecule is Cc1ccc(C(C)(C)C)c(OCC2=NCC[NH2+]2)c1.[Cl-]. The minimum absolute atomic E-state index is 0. The van der Waals surface area contributed by atoms with Crippen LogP contribution in [0, 0.1) is 6.92 Å². The number of nitrogens with two attached hydrogens (primary N) is 1. The van der Waals surface area contributed by atoms with E-state index in [-0.39, 0.29) is 17.8 Å². The van der Waals surface area contributed by atoms with Gasteiger partial charge in [0.15, 0.2) is 6.61 Å². The number of hydrogen-bond donors (Lipinski definition) is 1. The molecular weight excluding hydrogens is 260 g/mol. The Balaban J connectivity index is 0.00000180. The van der Waals surface area contributed by atoms with Gasteiger partial charge in [-0.2, -0.15) is 0 Å². The van der Waals surface area contributed by atoms with Crippen molar-refractivity contribution in [2.45, 2.75) is 33.1 Å². The largest absolute Gasteiger partial charge is 1.00 e. The molecule has 0 unspecified atom stereocenters. The summed E-state index contributed by atoms with van der Waals surface area (Å²) in [4.78, 5) is 4.40. The minimum atomic E-state index is 0. The van der Waals surface area contributed by atoms with Gasteiger partial charge in [-0.15, -0.1) is 0 Å². The zero-order chi connectivity index (χ0) is 13.2. The smallest absolute Gasteiger partial charge is 0.233 e. The average Bonchev–Trinajstić information content (AvgIpc) is 2.77. The van der Waals surface area contributed by atoms with Gasteiger partial charge in [0.1, 0.15) is 12.3 Å². The number of nitrogens with zero attached hydrogens (tertiary/aromatic N) is 1. The van der Waals surface area contributed by atoms with Crippen LogP contribution in [0.15, 0.2) is 23.2 Å². The van der Waals surface area contributed by atoms with Gasteiger partial charge in [0.2, 0.25) is 5.84 Å². The maximum Gasteiger partial charge on any atom is 0.233 e. The predicted molar refractivity (Wildman–Crippen MR) is 74.5 cm³/mol. The number of quaternary nitrogens is 1. The summed E-state index contributed by atoms with van der Waals surface area (Å²) in [6, 6.07) is 6.44. The maximum atomic E-state index is 5.97. The molecule has 19 heavy (non-hydrogen) atoms. The fraction of sp³-hybridized carbons (Fsp3) is 0.533. The van der Waals surface area contributed by atoms with Crippen molar-refractivity contribution in [3.05, 3.63) is 29.3 Å². The molecule has 0 fully saturated rings. The first-order valence-electron chi connectivity index (χ1n) is 6.57. The van der Waals surface area contributed by atoms with Gasteiger partial charge in [-0.25, -0.2) is 4.99 Å². The number of halogens is 1. The summed E-state index contributed by atoms with van der Waals surface area (Å²) >= 11 is 0. The number of ether oxygens (including phenoxy) is 1. The van der Waals surface area contributed by atoms with Gasteiger partial charge >= 0.3 is 0 Å². The third kappa shape index (κ3) is 4.22. The molecule has 0 aromatic heterocycles. The van der Waals surface area contributed by atoms with Crippen molar-refractivity contribution in [3.63, 3.8) is 0 Å². The summed E-state index contributed by atoms with van der Waals surface area (Å²) < 4.78 is 5.97. The van der Waals surface area contributed by atoms with Gasteiger partial charge in [-0.05, 0) is 29.5 Å². The Morgan fingerprint density at radius 2 is 2.05 bits per heavy atom. The summed E-state index contributed by atoms with van der Waals surface area (Å²) in [5.41, 5.74) is 2.59. The summed E-state index contributed by atoms with van der Waals surface area (Å²) in [5.74, 6) is 2.07. The monoisotopic (exact) mass is 282 g/mol. The highest BCUT2D eigenvalue weighted by Gasteiger charge is 2.20. The van der Waals surface area contributed by atoms with Crippen molar-refractivity contribution >= 4 is 5.84 Å². The number of aliphatic imine (C=N–C) groups is 1. The molecule has 4 heteroatoms. The maximum absolute atomic E-state index is 5.97. The molecule has 1 aliphatic rings. The van der Waals surface area contributed by atoms with Crippen LogP contribution in [0.4, 0.5) is 0 Å². The van der Waals surface area contributed by atoms with Crippen LogP contribution in [0.2, 0.25) is 0 Å². The van der Waals surface area contributed by atoms with E-state index >= 15 is 0 Å². The van der Waals surface area contributed by atoms with Crippen LogP contribution < -0.4 is 22.5 Å². The molecule has 0 radical (unpaired) electrons. The lowest BCUT2D eigenvalue weighted by Crippen LogP contribution is -3.00. The second-order valence-electron chi connectivity index (χ2n) is 5.90. The number of amidine groups is 1. The molecule has 2 rings (SSSR count). The van der Waals surface area contributed by atoms with Crippen molar-refractivity contribution in [2.75, 3.05) is 19.7 Å². The summed E-state index contributed by atoms with van der Waals surface area (Å²) in [7, 11) is 0. The Labute approximate surface area is 121 Å². The van der Waals surface area contributed by atoms with Gasteiger partial charge in [-0.1, -0.05) is 32.9 Å². The molecule has 0 aliphatic carbocycles. The van der Waals surface area contributed by atoms with E-state index in [0.29, 0.717) is 6.61 Å². The summed E-state index contributed by atoms with van der Waals surface area (Å²) in [6.07, 6.45) is 0. The number of aryl methyl sites for hydroxylation is 1. The van der Waals surface area contributed by atoms with Gasteiger partial charge < -0.3 is 17.1 Å². The molecule has 0 amide bonds. The zero-order valence-corrected chi connectivity index (χ0v) is 12.9. The van der Waals surface area contributed by atoms with Crippen LogP contribution in [0.1, 0.15) is 31.9 Å². The third-order valence-electron chi connectivity index (χ3n) is 3.14. The molecule has 1 aliphatic heterocycles. The first-order chi connectivity index (χ1) is 8.47. The van der Waals surface area contributed by atoms with Gasteiger partial charge in [0, 0.05) is 0 Å². The standard InChI is InChI=1S/C15H22N2O.ClH/c1-11-5-6-12(15(2,3)4)13(9-11)18-10-14-16-7-8-17-14;/h5-6,9H,7-8,10H2,1-4H3,(H,16,17);1H. The lowest BCUT2D eigenvalue weighted by atomic mass is 9.86. The quantitative estimate of drug-likeness (QED) is 0.732. The van der Waals surface area contributed by atoms with E-state index in [2.05, 4.69) is 56.2 Å². The molecule has 0 saturated carbocycles. The van der Waals surface area contributed by atoms with Crippen LogP contribution in [0.3, 0.4) is 0 Å². The van der Waals surface area contributed by atoms with Gasteiger partial charge in [0.05, 0.1) is 6.54 Å². The van der Waals surface area contributed by atoms with Crippen molar-refractivity contribution in [2.24, 2.45) is 4.99 Å². The zero-order valence-electron chi connectivity index (χ0n) is 12.2. The van der Waals surface area contributed by atoms with Gasteiger partial charge in [-0.3, -0.25) is 5.32 Å². The Kier molecular flexibility index (Phi) is 5.39. The molecule has 1 heterocycles. The van der Waals surface area contributed by atoms with Crippen LogP contribution >= 0.6 is 0 Å². The van der Waals surface area contributed by atoms with Crippen LogP contribution in [0.5, 0.6) is 5.75 Å². The van der Waals surface area contributed by atoms with Gasteiger partial charge in [0.25, 0.3) is 0 Å². The molecule has 106 valence electrons. The normalized spacial score (nSPS) is 14.8. The molecule has 0 spiro atoms. The molecule has 0 atom stereocenters. The van der Waals surface area contributed by atoms with Crippen molar-refractivity contribution in [3.8, 4) is 5.75 Å². The fourth-order valence-corrected chi connectivity index (χ4v) is 2.13. The number of benzene rings is 1. The van der Waals surface area contributed by atoms with E-state index < -0.39 is 0 Å². The summed E-state index contributed by atoms with van der Waals surface area (Å²) in [5, 5.41) is 2.16. The first-order valence-corrected chi connectivity index (χ1v) is 6.57. The van der Waals surface area contributed by atoms with Crippen molar-refractivity contribution in [1.29, 1.82) is 0 Å². The second kappa shape index (κ2) is 6.40. The predicted octanol–water partition coefficient (Wildman–Crippen LogP) is -1.35. The second-order valence-corrected chi connectivity index (χ2v) is 5.90. The van der Waals surface area contributed by atoms with E-state index in [4.69, 9.17) is 4.74 Å². The summed E-state index contributed by atoms with van der Waals surface area (Å²) in [6.45, 7) is 11.3. The Hall–Kier alpha value is -1.06. The van der Waals surface area contributed by atoms with Crippen molar-refractivity contribution < 1.29 is 22.5 Å². The first kappa shape index (κ1) is 16.0. The fourth-order valence-electron chi connectivity index (χ4n) is 2.13. The highest BCUT2D eigenvalue weighted by atomic mass is 35.5.